The van der Waals surface area contributed by atoms with Gasteiger partial charge in [0.25, 0.3) is 0 Å². The molecule has 3 heteroatoms. The van der Waals surface area contributed by atoms with Gasteiger partial charge < -0.3 is 10.0 Å². The van der Waals surface area contributed by atoms with Crippen molar-refractivity contribution >= 4 is 5.69 Å². The molecule has 19 heavy (non-hydrogen) atoms. The number of hydrogen-bond donors (Lipinski definition) is 1. The second-order valence-corrected chi connectivity index (χ2v) is 5.60. The molecule has 1 aromatic rings. The Balaban J connectivity index is 2.14. The fourth-order valence-electron chi connectivity index (χ4n) is 3.21. The molecule has 0 saturated heterocycles. The molecule has 2 nitrogen and oxygen atoms in total. The number of aliphatic hydroxyl groups is 1. The molecule has 1 aliphatic carbocycles. The average Bonchev–Trinajstić information content (AvgIpc) is 2.46. The molecule has 1 saturated carbocycles. The average molecular weight is 265 g/mol. The predicted molar refractivity (Wildman–Crippen MR) is 76.8 cm³/mol. The first-order valence-corrected chi connectivity index (χ1v) is 7.28. The fourth-order valence-corrected chi connectivity index (χ4v) is 3.21. The van der Waals surface area contributed by atoms with Crippen molar-refractivity contribution in [2.24, 2.45) is 5.92 Å². The summed E-state index contributed by atoms with van der Waals surface area (Å²) in [5.41, 5.74) is 1.25. The van der Waals surface area contributed by atoms with Gasteiger partial charge in [-0.15, -0.1) is 0 Å². The molecule has 0 spiro atoms. The Bertz CT molecular complexity index is 413. The van der Waals surface area contributed by atoms with Crippen LogP contribution in [-0.2, 0) is 6.61 Å². The van der Waals surface area contributed by atoms with Crippen LogP contribution in [0.5, 0.6) is 0 Å². The van der Waals surface area contributed by atoms with Crippen LogP contribution in [0.3, 0.4) is 0 Å². The molecule has 106 valence electrons. The van der Waals surface area contributed by atoms with Gasteiger partial charge in [0.1, 0.15) is 5.82 Å². The zero-order valence-electron chi connectivity index (χ0n) is 11.9. The van der Waals surface area contributed by atoms with Crippen molar-refractivity contribution in [3.8, 4) is 0 Å². The Kier molecular flexibility index (Phi) is 4.81. The highest BCUT2D eigenvalue weighted by molar-refractivity contribution is 5.55. The summed E-state index contributed by atoms with van der Waals surface area (Å²) in [6, 6.07) is 5.33. The zero-order valence-corrected chi connectivity index (χ0v) is 11.9. The van der Waals surface area contributed by atoms with Crippen molar-refractivity contribution in [3.05, 3.63) is 29.6 Å². The summed E-state index contributed by atoms with van der Waals surface area (Å²) in [6.07, 6.45) is 5.95. The van der Waals surface area contributed by atoms with Crippen LogP contribution >= 0.6 is 0 Å². The highest BCUT2D eigenvalue weighted by Crippen LogP contribution is 2.33. The molecule has 1 N–H and O–H groups in total. The summed E-state index contributed by atoms with van der Waals surface area (Å²) in [5, 5.41) is 9.38. The number of rotatable bonds is 4. The summed E-state index contributed by atoms with van der Waals surface area (Å²) in [4.78, 5) is 2.03. The molecule has 0 heterocycles. The molecule has 0 amide bonds. The molecule has 1 fully saturated rings. The Morgan fingerprint density at radius 3 is 2.53 bits per heavy atom. The summed E-state index contributed by atoms with van der Waals surface area (Å²) >= 11 is 0. The number of hydrogen-bond acceptors (Lipinski definition) is 2. The van der Waals surface area contributed by atoms with Crippen molar-refractivity contribution in [1.82, 2.24) is 0 Å². The number of benzene rings is 1. The number of halogens is 1. The minimum atomic E-state index is -0.230. The molecular weight excluding hydrogens is 241 g/mol. The van der Waals surface area contributed by atoms with Crippen LogP contribution in [0.15, 0.2) is 18.2 Å². The lowest BCUT2D eigenvalue weighted by molar-refractivity contribution is 0.279. The molecule has 0 aromatic heterocycles. The summed E-state index contributed by atoms with van der Waals surface area (Å²) < 4.78 is 14.0. The standard InChI is InChI=1S/C16H24FNO/c1-3-12-7-9-14(10-8-12)18(2)16-13(11-19)5-4-6-15(16)17/h4-6,12,14,19H,3,7-11H2,1-2H3. The summed E-state index contributed by atoms with van der Waals surface area (Å²) in [7, 11) is 1.95. The first-order valence-electron chi connectivity index (χ1n) is 7.28. The van der Waals surface area contributed by atoms with Gasteiger partial charge >= 0.3 is 0 Å². The van der Waals surface area contributed by atoms with E-state index in [1.54, 1.807) is 12.1 Å². The molecule has 1 aromatic carbocycles. The third-order valence-corrected chi connectivity index (χ3v) is 4.53. The van der Waals surface area contributed by atoms with E-state index in [0.29, 0.717) is 17.3 Å². The Hall–Kier alpha value is -1.09. The monoisotopic (exact) mass is 265 g/mol. The van der Waals surface area contributed by atoms with Gasteiger partial charge in [0, 0.05) is 18.7 Å². The normalized spacial score (nSPS) is 23.4. The molecular formula is C16H24FNO. The minimum Gasteiger partial charge on any atom is -0.392 e. The highest BCUT2D eigenvalue weighted by Gasteiger charge is 2.25. The molecule has 0 radical (unpaired) electrons. The predicted octanol–water partition coefficient (Wildman–Crippen LogP) is 3.72. The first-order chi connectivity index (χ1) is 9.17. The second-order valence-electron chi connectivity index (χ2n) is 5.60. The SMILES string of the molecule is CCC1CCC(N(C)c2c(F)cccc2CO)CC1. The number of anilines is 1. The van der Waals surface area contributed by atoms with Gasteiger partial charge in [-0.1, -0.05) is 25.5 Å². The van der Waals surface area contributed by atoms with Crippen LogP contribution in [0.4, 0.5) is 10.1 Å². The van der Waals surface area contributed by atoms with E-state index in [1.807, 2.05) is 11.9 Å². The van der Waals surface area contributed by atoms with E-state index < -0.39 is 0 Å². The first kappa shape index (κ1) is 14.3. The second kappa shape index (κ2) is 6.38. The number of aliphatic hydroxyl groups excluding tert-OH is 1. The Morgan fingerprint density at radius 2 is 1.95 bits per heavy atom. The number of nitrogens with zero attached hydrogens (tertiary/aromatic N) is 1. The van der Waals surface area contributed by atoms with Crippen molar-refractivity contribution in [3.63, 3.8) is 0 Å². The van der Waals surface area contributed by atoms with E-state index in [4.69, 9.17) is 0 Å². The molecule has 0 aliphatic heterocycles. The van der Waals surface area contributed by atoms with Gasteiger partial charge in [-0.05, 0) is 37.7 Å². The van der Waals surface area contributed by atoms with Gasteiger partial charge in [-0.25, -0.2) is 4.39 Å². The quantitative estimate of drug-likeness (QED) is 0.896. The van der Waals surface area contributed by atoms with E-state index in [2.05, 4.69) is 6.92 Å². The van der Waals surface area contributed by atoms with E-state index in [9.17, 15) is 9.50 Å². The lowest BCUT2D eigenvalue weighted by Gasteiger charge is -2.36. The largest absolute Gasteiger partial charge is 0.392 e. The van der Waals surface area contributed by atoms with E-state index >= 15 is 0 Å². The highest BCUT2D eigenvalue weighted by atomic mass is 19.1. The smallest absolute Gasteiger partial charge is 0.146 e. The Labute approximate surface area is 115 Å². The molecule has 0 atom stereocenters. The van der Waals surface area contributed by atoms with Gasteiger partial charge in [-0.3, -0.25) is 0 Å². The van der Waals surface area contributed by atoms with Crippen LogP contribution in [0.25, 0.3) is 0 Å². The van der Waals surface area contributed by atoms with Crippen LogP contribution < -0.4 is 4.90 Å². The summed E-state index contributed by atoms with van der Waals surface area (Å²) in [6.45, 7) is 2.14. The molecule has 0 unspecified atom stereocenters. The van der Waals surface area contributed by atoms with Crippen molar-refractivity contribution in [2.75, 3.05) is 11.9 Å². The fraction of sp³-hybridized carbons (Fsp3) is 0.625. The van der Waals surface area contributed by atoms with Crippen molar-refractivity contribution in [1.29, 1.82) is 0 Å². The number of para-hydroxylation sites is 1. The minimum absolute atomic E-state index is 0.109. The van der Waals surface area contributed by atoms with Crippen molar-refractivity contribution < 1.29 is 9.50 Å². The van der Waals surface area contributed by atoms with Gasteiger partial charge in [0.05, 0.1) is 12.3 Å². The zero-order chi connectivity index (χ0) is 13.8. The topological polar surface area (TPSA) is 23.5 Å². The van der Waals surface area contributed by atoms with Crippen LogP contribution in [0.1, 0.15) is 44.6 Å². The lowest BCUT2D eigenvalue weighted by Crippen LogP contribution is -2.36. The summed E-state index contributed by atoms with van der Waals surface area (Å²) in [5.74, 6) is 0.606. The Morgan fingerprint density at radius 1 is 1.26 bits per heavy atom. The maximum Gasteiger partial charge on any atom is 0.146 e. The lowest BCUT2D eigenvalue weighted by atomic mass is 9.84. The van der Waals surface area contributed by atoms with Gasteiger partial charge in [0.15, 0.2) is 0 Å². The van der Waals surface area contributed by atoms with Gasteiger partial charge in [0.2, 0.25) is 0 Å². The van der Waals surface area contributed by atoms with E-state index in [-0.39, 0.29) is 12.4 Å². The maximum atomic E-state index is 14.0. The maximum absolute atomic E-state index is 14.0. The molecule has 1 aliphatic rings. The third kappa shape index (κ3) is 3.08. The molecule has 0 bridgehead atoms. The van der Waals surface area contributed by atoms with Crippen LogP contribution in [0.2, 0.25) is 0 Å². The van der Waals surface area contributed by atoms with E-state index in [1.165, 1.54) is 25.3 Å². The third-order valence-electron chi connectivity index (χ3n) is 4.53. The van der Waals surface area contributed by atoms with E-state index in [0.717, 1.165) is 18.8 Å². The molecule has 2 rings (SSSR count). The van der Waals surface area contributed by atoms with Crippen LogP contribution in [0, 0.1) is 11.7 Å². The van der Waals surface area contributed by atoms with Crippen LogP contribution in [-0.4, -0.2) is 18.2 Å². The van der Waals surface area contributed by atoms with Crippen molar-refractivity contribution in [2.45, 2.75) is 51.7 Å². The van der Waals surface area contributed by atoms with Gasteiger partial charge in [-0.2, -0.15) is 0 Å².